The molecule has 0 radical (unpaired) electrons. The molecule has 0 fully saturated rings. The van der Waals surface area contributed by atoms with Crippen LogP contribution < -0.4 is 0 Å². The minimum absolute atomic E-state index is 0.0156. The summed E-state index contributed by atoms with van der Waals surface area (Å²) in [6.07, 6.45) is 52.3. The summed E-state index contributed by atoms with van der Waals surface area (Å²) in [5, 5.41) is 9.62. The van der Waals surface area contributed by atoms with Crippen molar-refractivity contribution in [2.45, 2.75) is 174 Å². The second-order valence-electron chi connectivity index (χ2n) is 15.9. The van der Waals surface area contributed by atoms with Crippen molar-refractivity contribution in [3.63, 3.8) is 0 Å². The molecule has 1 N–H and O–H groups in total. The molecule has 0 aliphatic rings. The van der Waals surface area contributed by atoms with E-state index in [0.29, 0.717) is 19.3 Å². The number of aliphatic carboxylic acids is 1. The predicted octanol–water partition coefficient (Wildman–Crippen LogP) is 12.5. The maximum atomic E-state index is 12.7. The van der Waals surface area contributed by atoms with Gasteiger partial charge in [-0.15, -0.1) is 0 Å². The lowest BCUT2D eigenvalue weighted by atomic mass is 10.1. The molecule has 8 heteroatoms. The molecule has 0 spiro atoms. The van der Waals surface area contributed by atoms with E-state index in [0.717, 1.165) is 51.4 Å². The van der Waals surface area contributed by atoms with Gasteiger partial charge in [0.1, 0.15) is 6.61 Å². The molecule has 8 nitrogen and oxygen atoms in total. The average molecular weight is 811 g/mol. The zero-order valence-electron chi connectivity index (χ0n) is 37.5. The fourth-order valence-corrected chi connectivity index (χ4v) is 6.08. The number of quaternary nitrogens is 1. The highest BCUT2D eigenvalue weighted by molar-refractivity contribution is 5.72. The smallest absolute Gasteiger partial charge is 0.362 e. The van der Waals surface area contributed by atoms with E-state index in [1.54, 1.807) is 6.08 Å². The van der Waals surface area contributed by atoms with Gasteiger partial charge in [0.05, 0.1) is 40.8 Å². The molecule has 0 aliphatic carbocycles. The van der Waals surface area contributed by atoms with Gasteiger partial charge in [0.2, 0.25) is 0 Å². The molecule has 330 valence electrons. The third kappa shape index (κ3) is 38.1. The lowest BCUT2D eigenvalue weighted by molar-refractivity contribution is -0.887. The first-order valence-electron chi connectivity index (χ1n) is 22.6. The van der Waals surface area contributed by atoms with E-state index in [1.165, 1.54) is 70.6 Å². The van der Waals surface area contributed by atoms with E-state index in [2.05, 4.69) is 86.8 Å². The number of nitrogens with zero attached hydrogens (tertiary/aromatic N) is 1. The number of likely N-dealkylation sites (N-methyl/N-ethyl adjacent to an activating group) is 1. The number of ether oxygens (including phenoxy) is 3. The van der Waals surface area contributed by atoms with Crippen molar-refractivity contribution < 1.29 is 38.2 Å². The molecule has 0 saturated heterocycles. The summed E-state index contributed by atoms with van der Waals surface area (Å²) in [5.74, 6) is -1.64. The minimum Gasteiger partial charge on any atom is -0.477 e. The Morgan fingerprint density at radius 2 is 1.02 bits per heavy atom. The Balaban J connectivity index is 4.44. The summed E-state index contributed by atoms with van der Waals surface area (Å²) in [5.41, 5.74) is 0. The number of carbonyl (C=O) groups excluding carboxylic acids is 2. The van der Waals surface area contributed by atoms with E-state index in [-0.39, 0.29) is 36.7 Å². The van der Waals surface area contributed by atoms with Crippen LogP contribution in [0.1, 0.15) is 162 Å². The molecule has 0 aromatic carbocycles. The SMILES string of the molecule is CC/C=C\C/C=C\C/C=C\C/C=C\C/C=C\CC(=O)OC(COCCC(C(=O)O)[N+](C)(C)C)COC(=O)CCCCCCCCCCC/C=C\C/C=C\CCCCC. The number of hydrogen-bond donors (Lipinski definition) is 1. The van der Waals surface area contributed by atoms with E-state index in [1.807, 2.05) is 27.2 Å². The summed E-state index contributed by atoms with van der Waals surface area (Å²) in [7, 11) is 5.49. The Morgan fingerprint density at radius 1 is 0.552 bits per heavy atom. The maximum Gasteiger partial charge on any atom is 0.362 e. The predicted molar refractivity (Wildman–Crippen MR) is 243 cm³/mol. The number of hydrogen-bond acceptors (Lipinski definition) is 6. The van der Waals surface area contributed by atoms with Crippen molar-refractivity contribution in [2.24, 2.45) is 0 Å². The second-order valence-corrected chi connectivity index (χ2v) is 15.9. The van der Waals surface area contributed by atoms with E-state index in [9.17, 15) is 19.5 Å². The van der Waals surface area contributed by atoms with Crippen molar-refractivity contribution in [3.05, 3.63) is 85.1 Å². The average Bonchev–Trinajstić information content (AvgIpc) is 3.18. The Morgan fingerprint density at radius 3 is 1.52 bits per heavy atom. The Labute approximate surface area is 354 Å². The Bertz CT molecular complexity index is 1220. The molecule has 2 atom stereocenters. The minimum atomic E-state index is -0.893. The largest absolute Gasteiger partial charge is 0.477 e. The number of carboxylic acids is 1. The van der Waals surface area contributed by atoms with Gasteiger partial charge in [-0.2, -0.15) is 0 Å². The van der Waals surface area contributed by atoms with Gasteiger partial charge in [-0.1, -0.05) is 157 Å². The van der Waals surface area contributed by atoms with Gasteiger partial charge in [0, 0.05) is 12.8 Å². The molecule has 0 rings (SSSR count). The van der Waals surface area contributed by atoms with E-state index >= 15 is 0 Å². The lowest BCUT2D eigenvalue weighted by Crippen LogP contribution is -2.50. The van der Waals surface area contributed by atoms with Crippen LogP contribution in [0.25, 0.3) is 0 Å². The first kappa shape index (κ1) is 54.5. The molecule has 58 heavy (non-hydrogen) atoms. The van der Waals surface area contributed by atoms with Gasteiger partial charge in [0.25, 0.3) is 0 Å². The van der Waals surface area contributed by atoms with E-state index < -0.39 is 24.1 Å². The number of carbonyl (C=O) groups is 3. The van der Waals surface area contributed by atoms with Gasteiger partial charge >= 0.3 is 17.9 Å². The third-order valence-corrected chi connectivity index (χ3v) is 9.56. The zero-order valence-corrected chi connectivity index (χ0v) is 37.5. The first-order chi connectivity index (χ1) is 28.1. The molecule has 0 heterocycles. The highest BCUT2D eigenvalue weighted by Crippen LogP contribution is 2.13. The second kappa shape index (κ2) is 40.3. The molecular formula is C50H84NO7+. The zero-order chi connectivity index (χ0) is 42.8. The fraction of sp³-hybridized carbons (Fsp3) is 0.660. The first-order valence-corrected chi connectivity index (χ1v) is 22.6. The van der Waals surface area contributed by atoms with Gasteiger partial charge in [-0.3, -0.25) is 9.59 Å². The summed E-state index contributed by atoms with van der Waals surface area (Å²) >= 11 is 0. The number of rotatable bonds is 39. The summed E-state index contributed by atoms with van der Waals surface area (Å²) in [6, 6.07) is -0.635. The lowest BCUT2D eigenvalue weighted by Gasteiger charge is -2.31. The van der Waals surface area contributed by atoms with Crippen LogP contribution in [-0.2, 0) is 28.6 Å². The quantitative estimate of drug-likeness (QED) is 0.0286. The number of carboxylic acid groups (broad SMARTS) is 1. The molecule has 0 bridgehead atoms. The van der Waals surface area contributed by atoms with Gasteiger partial charge in [0.15, 0.2) is 12.1 Å². The van der Waals surface area contributed by atoms with Crippen molar-refractivity contribution in [3.8, 4) is 0 Å². The third-order valence-electron chi connectivity index (χ3n) is 9.56. The van der Waals surface area contributed by atoms with Crippen molar-refractivity contribution in [1.29, 1.82) is 0 Å². The van der Waals surface area contributed by atoms with Crippen LogP contribution in [0.5, 0.6) is 0 Å². The maximum absolute atomic E-state index is 12.7. The standard InChI is InChI=1S/C50H83NO7/c1-6-8-10-12-14-16-18-20-22-23-24-25-27-28-30-32-34-36-38-40-48(52)57-45-46(44-56-43-42-47(50(54)55)51(3,4)5)58-49(53)41-39-37-35-33-31-29-26-21-19-17-15-13-11-9-7-2/h9,11,14-17,20-22,26,31,33,37,39,46-47H,6-8,10,12-13,18-19,23-25,27-30,32,34-36,38,40-45H2,1-5H3/p+1/b11-9-,16-14-,17-15-,22-20-,26-21-,33-31-,39-37-. The molecule has 0 saturated carbocycles. The molecule has 0 aromatic heterocycles. The summed E-state index contributed by atoms with van der Waals surface area (Å²) in [4.78, 5) is 36.9. The highest BCUT2D eigenvalue weighted by Gasteiger charge is 2.31. The molecular weight excluding hydrogens is 727 g/mol. The number of unbranched alkanes of at least 4 members (excludes halogenated alkanes) is 12. The van der Waals surface area contributed by atoms with Crippen molar-refractivity contribution in [1.82, 2.24) is 0 Å². The fourth-order valence-electron chi connectivity index (χ4n) is 6.08. The summed E-state index contributed by atoms with van der Waals surface area (Å²) < 4.78 is 17.2. The van der Waals surface area contributed by atoms with Crippen LogP contribution in [0.3, 0.4) is 0 Å². The van der Waals surface area contributed by atoms with Crippen LogP contribution in [0.2, 0.25) is 0 Å². The van der Waals surface area contributed by atoms with Crippen LogP contribution in [-0.4, -0.2) is 80.6 Å². The van der Waals surface area contributed by atoms with Crippen LogP contribution in [0.15, 0.2) is 85.1 Å². The number of esters is 2. The van der Waals surface area contributed by atoms with Crippen LogP contribution >= 0.6 is 0 Å². The monoisotopic (exact) mass is 811 g/mol. The molecule has 0 aromatic rings. The van der Waals surface area contributed by atoms with Crippen molar-refractivity contribution in [2.75, 3.05) is 41.0 Å². The highest BCUT2D eigenvalue weighted by atomic mass is 16.6. The van der Waals surface area contributed by atoms with Gasteiger partial charge in [-0.25, -0.2) is 4.79 Å². The van der Waals surface area contributed by atoms with Gasteiger partial charge in [-0.05, 0) is 70.6 Å². The van der Waals surface area contributed by atoms with Crippen LogP contribution in [0.4, 0.5) is 0 Å². The normalized spacial score (nSPS) is 13.7. The number of allylic oxidation sites excluding steroid dienone is 13. The molecule has 2 unspecified atom stereocenters. The van der Waals surface area contributed by atoms with Crippen LogP contribution in [0, 0.1) is 0 Å². The summed E-state index contributed by atoms with van der Waals surface area (Å²) in [6.45, 7) is 4.47. The van der Waals surface area contributed by atoms with Crippen molar-refractivity contribution >= 4 is 17.9 Å². The molecule has 0 aliphatic heterocycles. The Hall–Kier alpha value is -3.49. The molecule has 0 amide bonds. The van der Waals surface area contributed by atoms with Gasteiger partial charge < -0.3 is 23.8 Å². The van der Waals surface area contributed by atoms with E-state index in [4.69, 9.17) is 14.2 Å². The topological polar surface area (TPSA) is 99.1 Å². The Kier molecular flexibility index (Phi) is 37.9.